The Hall–Kier alpha value is -2.57. The number of nitro groups is 1. The molecule has 0 saturated carbocycles. The van der Waals surface area contributed by atoms with Crippen molar-refractivity contribution >= 4 is 11.4 Å². The van der Waals surface area contributed by atoms with Gasteiger partial charge in [-0.2, -0.15) is 0 Å². The van der Waals surface area contributed by atoms with E-state index in [9.17, 15) is 10.1 Å². The van der Waals surface area contributed by atoms with Gasteiger partial charge in [0.05, 0.1) is 18.1 Å². The summed E-state index contributed by atoms with van der Waals surface area (Å²) < 4.78 is 9.97. The minimum atomic E-state index is -0.466. The van der Waals surface area contributed by atoms with Crippen LogP contribution in [-0.2, 0) is 6.54 Å². The van der Waals surface area contributed by atoms with Crippen molar-refractivity contribution in [3.8, 4) is 5.75 Å². The van der Waals surface area contributed by atoms with E-state index >= 15 is 0 Å². The van der Waals surface area contributed by atoms with Gasteiger partial charge in [-0.05, 0) is 13.0 Å². The second-order valence-electron chi connectivity index (χ2n) is 3.72. The Bertz CT molecular complexity index is 554. The molecule has 1 aromatic carbocycles. The molecule has 0 radical (unpaired) electrons. The average Bonchev–Trinajstić information content (AvgIpc) is 2.90. The number of ether oxygens (including phenoxy) is 1. The number of hydrogen-bond acceptors (Lipinski definition) is 6. The zero-order valence-electron chi connectivity index (χ0n) is 10.3. The van der Waals surface area contributed by atoms with Gasteiger partial charge in [0.25, 0.3) is 0 Å². The first-order valence-electron chi connectivity index (χ1n) is 5.75. The van der Waals surface area contributed by atoms with Crippen LogP contribution in [0.3, 0.4) is 0 Å². The van der Waals surface area contributed by atoms with Crippen molar-refractivity contribution in [3.63, 3.8) is 0 Å². The van der Waals surface area contributed by atoms with Gasteiger partial charge in [0.15, 0.2) is 5.75 Å². The summed E-state index contributed by atoms with van der Waals surface area (Å²) in [5, 5.41) is 17.7. The van der Waals surface area contributed by atoms with Crippen LogP contribution in [0.4, 0.5) is 11.4 Å². The number of rotatable bonds is 6. The minimum Gasteiger partial charge on any atom is -0.487 e. The molecule has 2 aromatic rings. The molecule has 0 amide bonds. The van der Waals surface area contributed by atoms with Gasteiger partial charge in [-0.15, -0.1) is 0 Å². The largest absolute Gasteiger partial charge is 0.487 e. The predicted octanol–water partition coefficient (Wildman–Crippen LogP) is 2.59. The molecule has 1 N–H and O–H groups in total. The molecular weight excluding hydrogens is 250 g/mol. The van der Waals surface area contributed by atoms with Crippen molar-refractivity contribution < 1.29 is 14.2 Å². The highest BCUT2D eigenvalue weighted by Gasteiger charge is 2.15. The molecule has 0 spiro atoms. The third-order valence-electron chi connectivity index (χ3n) is 2.42. The van der Waals surface area contributed by atoms with Gasteiger partial charge in [-0.25, -0.2) is 0 Å². The maximum atomic E-state index is 10.8. The summed E-state index contributed by atoms with van der Waals surface area (Å²) in [6.45, 7) is 2.62. The normalized spacial score (nSPS) is 10.2. The maximum Gasteiger partial charge on any atom is 0.311 e. The number of nitrogens with zero attached hydrogens (tertiary/aromatic N) is 2. The first-order valence-corrected chi connectivity index (χ1v) is 5.75. The molecule has 7 nitrogen and oxygen atoms in total. The Labute approximate surface area is 109 Å². The summed E-state index contributed by atoms with van der Waals surface area (Å²) in [5.74, 6) is 0.248. The SMILES string of the molecule is CCOc1cc(NCc2ccon2)ccc1[N+](=O)[O-]. The van der Waals surface area contributed by atoms with Crippen LogP contribution in [0.25, 0.3) is 0 Å². The molecule has 1 aromatic heterocycles. The molecule has 0 aliphatic carbocycles. The third kappa shape index (κ3) is 3.21. The highest BCUT2D eigenvalue weighted by Crippen LogP contribution is 2.30. The number of benzene rings is 1. The lowest BCUT2D eigenvalue weighted by atomic mass is 10.2. The van der Waals surface area contributed by atoms with Crippen molar-refractivity contribution in [1.82, 2.24) is 5.16 Å². The fourth-order valence-corrected chi connectivity index (χ4v) is 1.57. The molecule has 0 atom stereocenters. The van der Waals surface area contributed by atoms with E-state index in [4.69, 9.17) is 9.26 Å². The number of hydrogen-bond donors (Lipinski definition) is 1. The monoisotopic (exact) mass is 263 g/mol. The maximum absolute atomic E-state index is 10.8. The van der Waals surface area contributed by atoms with Crippen LogP contribution in [0.1, 0.15) is 12.6 Å². The standard InChI is InChI=1S/C12H13N3O4/c1-2-18-12-7-9(3-4-11(12)15(16)17)13-8-10-5-6-19-14-10/h3-7,13H,2,8H2,1H3. The first kappa shape index (κ1) is 12.9. The minimum absolute atomic E-state index is 0.0474. The molecule has 0 aliphatic heterocycles. The summed E-state index contributed by atoms with van der Waals surface area (Å²) in [6, 6.07) is 6.38. The van der Waals surface area contributed by atoms with E-state index in [1.807, 2.05) is 0 Å². The highest BCUT2D eigenvalue weighted by atomic mass is 16.6. The van der Waals surface area contributed by atoms with E-state index in [1.165, 1.54) is 12.3 Å². The van der Waals surface area contributed by atoms with E-state index in [0.717, 1.165) is 11.4 Å². The van der Waals surface area contributed by atoms with Gasteiger partial charge in [-0.1, -0.05) is 5.16 Å². The van der Waals surface area contributed by atoms with Crippen molar-refractivity contribution in [3.05, 3.63) is 46.3 Å². The summed E-state index contributed by atoms with van der Waals surface area (Å²) in [7, 11) is 0. The molecule has 1 heterocycles. The number of anilines is 1. The van der Waals surface area contributed by atoms with Crippen LogP contribution < -0.4 is 10.1 Å². The highest BCUT2D eigenvalue weighted by molar-refractivity contribution is 5.58. The lowest BCUT2D eigenvalue weighted by Gasteiger charge is -2.08. The molecule has 0 bridgehead atoms. The Morgan fingerprint density at radius 1 is 1.47 bits per heavy atom. The van der Waals surface area contributed by atoms with E-state index in [1.54, 1.807) is 25.1 Å². The van der Waals surface area contributed by atoms with Gasteiger partial charge in [0, 0.05) is 23.9 Å². The number of aromatic nitrogens is 1. The molecule has 0 unspecified atom stereocenters. The molecule has 2 rings (SSSR count). The van der Waals surface area contributed by atoms with Crippen LogP contribution in [-0.4, -0.2) is 16.7 Å². The average molecular weight is 263 g/mol. The molecule has 0 aliphatic rings. The fraction of sp³-hybridized carbons (Fsp3) is 0.250. The number of nitrogens with one attached hydrogen (secondary N) is 1. The molecular formula is C12H13N3O4. The lowest BCUT2D eigenvalue weighted by molar-refractivity contribution is -0.385. The molecule has 100 valence electrons. The van der Waals surface area contributed by atoms with Crippen LogP contribution in [0.2, 0.25) is 0 Å². The first-order chi connectivity index (χ1) is 9.20. The van der Waals surface area contributed by atoms with Gasteiger partial charge in [0.1, 0.15) is 12.0 Å². The van der Waals surface area contributed by atoms with Crippen molar-refractivity contribution in [2.24, 2.45) is 0 Å². The van der Waals surface area contributed by atoms with Crippen LogP contribution in [0.5, 0.6) is 5.75 Å². The van der Waals surface area contributed by atoms with E-state index < -0.39 is 4.92 Å². The lowest BCUT2D eigenvalue weighted by Crippen LogP contribution is -2.02. The third-order valence-corrected chi connectivity index (χ3v) is 2.42. The van der Waals surface area contributed by atoms with Crippen LogP contribution in [0, 0.1) is 10.1 Å². The predicted molar refractivity (Wildman–Crippen MR) is 68.1 cm³/mol. The summed E-state index contributed by atoms with van der Waals surface area (Å²) in [5.41, 5.74) is 1.42. The molecule has 0 saturated heterocycles. The Morgan fingerprint density at radius 2 is 2.32 bits per heavy atom. The Morgan fingerprint density at radius 3 is 2.95 bits per heavy atom. The second kappa shape index (κ2) is 5.85. The molecule has 7 heteroatoms. The van der Waals surface area contributed by atoms with Crippen molar-refractivity contribution in [1.29, 1.82) is 0 Å². The van der Waals surface area contributed by atoms with Crippen molar-refractivity contribution in [2.45, 2.75) is 13.5 Å². The van der Waals surface area contributed by atoms with Crippen LogP contribution >= 0.6 is 0 Å². The fourth-order valence-electron chi connectivity index (χ4n) is 1.57. The molecule has 0 fully saturated rings. The summed E-state index contributed by atoms with van der Waals surface area (Å²) >= 11 is 0. The van der Waals surface area contributed by atoms with Crippen LogP contribution in [0.15, 0.2) is 35.1 Å². The Balaban J connectivity index is 2.13. The van der Waals surface area contributed by atoms with E-state index in [0.29, 0.717) is 13.2 Å². The van der Waals surface area contributed by atoms with Gasteiger partial charge < -0.3 is 14.6 Å². The smallest absolute Gasteiger partial charge is 0.311 e. The topological polar surface area (TPSA) is 90.4 Å². The second-order valence-corrected chi connectivity index (χ2v) is 3.72. The molecule has 19 heavy (non-hydrogen) atoms. The summed E-state index contributed by atoms with van der Waals surface area (Å²) in [4.78, 5) is 10.4. The zero-order chi connectivity index (χ0) is 13.7. The van der Waals surface area contributed by atoms with E-state index in [2.05, 4.69) is 10.5 Å². The summed E-state index contributed by atoms with van der Waals surface area (Å²) in [6.07, 6.45) is 1.48. The quantitative estimate of drug-likeness (QED) is 0.636. The van der Waals surface area contributed by atoms with Gasteiger partial charge in [-0.3, -0.25) is 10.1 Å². The zero-order valence-corrected chi connectivity index (χ0v) is 10.3. The van der Waals surface area contributed by atoms with Crippen molar-refractivity contribution in [2.75, 3.05) is 11.9 Å². The Kier molecular flexibility index (Phi) is 3.97. The van der Waals surface area contributed by atoms with Gasteiger partial charge >= 0.3 is 5.69 Å². The van der Waals surface area contributed by atoms with Gasteiger partial charge in [0.2, 0.25) is 0 Å². The van der Waals surface area contributed by atoms with E-state index in [-0.39, 0.29) is 11.4 Å². The number of nitro benzene ring substituents is 1.